The van der Waals surface area contributed by atoms with Gasteiger partial charge in [-0.2, -0.15) is 0 Å². The van der Waals surface area contributed by atoms with E-state index in [2.05, 4.69) is 44.9 Å². The van der Waals surface area contributed by atoms with Crippen LogP contribution in [-0.4, -0.2) is 60.3 Å². The van der Waals surface area contributed by atoms with Gasteiger partial charge in [0, 0.05) is 48.7 Å². The van der Waals surface area contributed by atoms with Crippen molar-refractivity contribution >= 4 is 15.9 Å². The average Bonchev–Trinajstić information content (AvgIpc) is 2.79. The van der Waals surface area contributed by atoms with Gasteiger partial charge < -0.3 is 19.6 Å². The second-order valence-electron chi connectivity index (χ2n) is 9.41. The maximum Gasteiger partial charge on any atom is 0.130 e. The Labute approximate surface area is 199 Å². The van der Waals surface area contributed by atoms with Crippen LogP contribution in [0.3, 0.4) is 0 Å². The minimum atomic E-state index is -0.648. The summed E-state index contributed by atoms with van der Waals surface area (Å²) in [5.74, 6) is 0.525. The van der Waals surface area contributed by atoms with Crippen LogP contribution in [-0.2, 0) is 6.61 Å². The fourth-order valence-corrected chi connectivity index (χ4v) is 5.32. The molecule has 32 heavy (non-hydrogen) atoms. The number of likely N-dealkylation sites (N-methyl/N-ethyl adjacent to an activating group) is 1. The summed E-state index contributed by atoms with van der Waals surface area (Å²) in [6, 6.07) is 13.1. The fourth-order valence-electron chi connectivity index (χ4n) is 4.98. The molecule has 0 radical (unpaired) electrons. The predicted octanol–water partition coefficient (Wildman–Crippen LogP) is 5.19. The van der Waals surface area contributed by atoms with Crippen LogP contribution < -0.4 is 4.74 Å². The summed E-state index contributed by atoms with van der Waals surface area (Å²) >= 11 is 3.28. The summed E-state index contributed by atoms with van der Waals surface area (Å²) in [4.78, 5) is 4.86. The van der Waals surface area contributed by atoms with Crippen molar-refractivity contribution in [1.82, 2.24) is 9.80 Å². The molecule has 2 aromatic carbocycles. The Kier molecular flexibility index (Phi) is 7.87. The van der Waals surface area contributed by atoms with Crippen LogP contribution in [0.4, 0.5) is 4.39 Å². The molecule has 0 aromatic heterocycles. The van der Waals surface area contributed by atoms with E-state index in [9.17, 15) is 9.50 Å². The van der Waals surface area contributed by atoms with E-state index in [0.29, 0.717) is 11.3 Å². The standard InChI is InChI=1S/C26H34BrFN2O2/c1-29-13-15-30(16-14-29)18-24(26(31)11-3-2-4-12-26)20-6-9-23(10-7-20)32-19-21-5-8-22(27)17-25(21)28/h5-10,17,24,31H,2-4,11-16,18-19H2,1H3. The fraction of sp³-hybridized carbons (Fsp3) is 0.538. The first-order chi connectivity index (χ1) is 15.4. The molecule has 1 N–H and O–H groups in total. The SMILES string of the molecule is CN1CCN(CC(c2ccc(OCc3ccc(Br)cc3F)cc2)C2(O)CCCCC2)CC1. The van der Waals surface area contributed by atoms with Gasteiger partial charge in [-0.1, -0.05) is 53.4 Å². The Morgan fingerprint density at radius 1 is 1.03 bits per heavy atom. The van der Waals surface area contributed by atoms with Crippen LogP contribution in [0, 0.1) is 5.82 Å². The van der Waals surface area contributed by atoms with Crippen LogP contribution in [0.25, 0.3) is 0 Å². The van der Waals surface area contributed by atoms with E-state index in [1.807, 2.05) is 18.2 Å². The molecule has 6 heteroatoms. The molecule has 0 amide bonds. The zero-order valence-corrected chi connectivity index (χ0v) is 20.5. The van der Waals surface area contributed by atoms with E-state index < -0.39 is 5.60 Å². The number of ether oxygens (including phenoxy) is 1. The zero-order valence-electron chi connectivity index (χ0n) is 18.9. The van der Waals surface area contributed by atoms with Crippen molar-refractivity contribution in [3.63, 3.8) is 0 Å². The Balaban J connectivity index is 1.46. The molecule has 1 saturated carbocycles. The maximum atomic E-state index is 14.1. The zero-order chi connectivity index (χ0) is 22.6. The van der Waals surface area contributed by atoms with Crippen molar-refractivity contribution in [2.24, 2.45) is 0 Å². The lowest BCUT2D eigenvalue weighted by molar-refractivity contribution is -0.0337. The Morgan fingerprint density at radius 2 is 1.72 bits per heavy atom. The number of nitrogens with zero attached hydrogens (tertiary/aromatic N) is 2. The molecule has 0 spiro atoms. The third-order valence-corrected chi connectivity index (χ3v) is 7.59. The highest BCUT2D eigenvalue weighted by molar-refractivity contribution is 9.10. The first-order valence-electron chi connectivity index (χ1n) is 11.7. The van der Waals surface area contributed by atoms with Crippen molar-refractivity contribution in [2.75, 3.05) is 39.8 Å². The third-order valence-electron chi connectivity index (χ3n) is 7.10. The summed E-state index contributed by atoms with van der Waals surface area (Å²) in [5, 5.41) is 11.6. The Bertz CT molecular complexity index is 878. The quantitative estimate of drug-likeness (QED) is 0.562. The van der Waals surface area contributed by atoms with E-state index in [4.69, 9.17) is 4.74 Å². The molecule has 1 saturated heterocycles. The minimum absolute atomic E-state index is 0.0872. The minimum Gasteiger partial charge on any atom is -0.489 e. The number of halogens is 2. The number of piperazine rings is 1. The number of rotatable bonds is 7. The highest BCUT2D eigenvalue weighted by Gasteiger charge is 2.39. The van der Waals surface area contributed by atoms with Crippen LogP contribution >= 0.6 is 15.9 Å². The first-order valence-corrected chi connectivity index (χ1v) is 12.5. The van der Waals surface area contributed by atoms with Crippen LogP contribution in [0.2, 0.25) is 0 Å². The van der Waals surface area contributed by atoms with Crippen LogP contribution in [0.1, 0.15) is 49.1 Å². The molecule has 1 heterocycles. The molecule has 1 aliphatic carbocycles. The maximum absolute atomic E-state index is 14.1. The van der Waals surface area contributed by atoms with Gasteiger partial charge in [0.2, 0.25) is 0 Å². The topological polar surface area (TPSA) is 35.9 Å². The molecule has 1 aliphatic heterocycles. The molecule has 4 rings (SSSR count). The second kappa shape index (κ2) is 10.6. The summed E-state index contributed by atoms with van der Waals surface area (Å²) in [6.07, 6.45) is 5.13. The van der Waals surface area contributed by atoms with Gasteiger partial charge in [0.1, 0.15) is 18.2 Å². The number of hydrogen-bond acceptors (Lipinski definition) is 4. The first kappa shape index (κ1) is 23.7. The molecule has 174 valence electrons. The molecular formula is C26H34BrFN2O2. The van der Waals surface area contributed by atoms with Gasteiger partial charge in [0.05, 0.1) is 5.60 Å². The van der Waals surface area contributed by atoms with Crippen LogP contribution in [0.5, 0.6) is 5.75 Å². The lowest BCUT2D eigenvalue weighted by Gasteiger charge is -2.43. The van der Waals surface area contributed by atoms with Crippen molar-refractivity contribution in [3.8, 4) is 5.75 Å². The second-order valence-corrected chi connectivity index (χ2v) is 10.3. The van der Waals surface area contributed by atoms with E-state index in [1.54, 1.807) is 6.07 Å². The molecule has 1 atom stereocenters. The molecule has 2 aromatic rings. The highest BCUT2D eigenvalue weighted by atomic mass is 79.9. The van der Waals surface area contributed by atoms with Gasteiger partial charge in [-0.05, 0) is 49.7 Å². The van der Waals surface area contributed by atoms with Gasteiger partial charge >= 0.3 is 0 Å². The smallest absolute Gasteiger partial charge is 0.130 e. The van der Waals surface area contributed by atoms with Gasteiger partial charge in [-0.15, -0.1) is 0 Å². The lowest BCUT2D eigenvalue weighted by Crippen LogP contribution is -2.50. The Hall–Kier alpha value is -1.47. The van der Waals surface area contributed by atoms with Gasteiger partial charge in [-0.3, -0.25) is 0 Å². The van der Waals surface area contributed by atoms with E-state index in [0.717, 1.165) is 68.4 Å². The van der Waals surface area contributed by atoms with E-state index in [1.165, 1.54) is 12.5 Å². The Morgan fingerprint density at radius 3 is 2.38 bits per heavy atom. The monoisotopic (exact) mass is 504 g/mol. The lowest BCUT2D eigenvalue weighted by atomic mass is 9.72. The molecule has 4 nitrogen and oxygen atoms in total. The summed E-state index contributed by atoms with van der Waals surface area (Å²) in [7, 11) is 2.17. The van der Waals surface area contributed by atoms with E-state index in [-0.39, 0.29) is 18.3 Å². The molecule has 1 unspecified atom stereocenters. The summed E-state index contributed by atoms with van der Waals surface area (Å²) in [5.41, 5.74) is 1.04. The van der Waals surface area contributed by atoms with Crippen molar-refractivity contribution < 1.29 is 14.2 Å². The largest absolute Gasteiger partial charge is 0.489 e. The molecule has 2 fully saturated rings. The van der Waals surface area contributed by atoms with Gasteiger partial charge in [-0.25, -0.2) is 4.39 Å². The summed E-state index contributed by atoms with van der Waals surface area (Å²) < 4.78 is 20.6. The van der Waals surface area contributed by atoms with Crippen molar-refractivity contribution in [1.29, 1.82) is 0 Å². The highest BCUT2D eigenvalue weighted by Crippen LogP contribution is 2.41. The molecule has 0 bridgehead atoms. The van der Waals surface area contributed by atoms with Crippen molar-refractivity contribution in [2.45, 2.75) is 50.2 Å². The van der Waals surface area contributed by atoms with E-state index >= 15 is 0 Å². The summed E-state index contributed by atoms with van der Waals surface area (Å²) in [6.45, 7) is 5.31. The number of aliphatic hydroxyl groups is 1. The van der Waals surface area contributed by atoms with Gasteiger partial charge in [0.15, 0.2) is 0 Å². The normalized spacial score (nSPS) is 20.8. The average molecular weight is 505 g/mol. The third kappa shape index (κ3) is 5.90. The van der Waals surface area contributed by atoms with Crippen LogP contribution in [0.15, 0.2) is 46.9 Å². The number of hydrogen-bond donors (Lipinski definition) is 1. The van der Waals surface area contributed by atoms with Gasteiger partial charge in [0.25, 0.3) is 0 Å². The molecular weight excluding hydrogens is 471 g/mol. The molecule has 2 aliphatic rings. The predicted molar refractivity (Wildman–Crippen MR) is 130 cm³/mol. The number of benzene rings is 2. The van der Waals surface area contributed by atoms with Crippen molar-refractivity contribution in [3.05, 3.63) is 63.9 Å².